The molecule has 0 aliphatic rings. The highest BCUT2D eigenvalue weighted by atomic mass is 16.5. The van der Waals surface area contributed by atoms with Gasteiger partial charge in [-0.3, -0.25) is 0 Å². The second-order valence-electron chi connectivity index (χ2n) is 3.98. The minimum atomic E-state index is 0.792. The average Bonchev–Trinajstić information content (AvgIpc) is 2.83. The van der Waals surface area contributed by atoms with Gasteiger partial charge in [-0.2, -0.15) is 0 Å². The summed E-state index contributed by atoms with van der Waals surface area (Å²) in [6.45, 7) is 0. The van der Waals surface area contributed by atoms with Gasteiger partial charge in [0.05, 0.1) is 7.11 Å². The van der Waals surface area contributed by atoms with Crippen LogP contribution in [0.4, 0.5) is 0 Å². The minimum Gasteiger partial charge on any atom is -0.497 e. The average molecular weight is 239 g/mol. The molecule has 0 saturated heterocycles. The van der Waals surface area contributed by atoms with Crippen LogP contribution in [0.15, 0.2) is 54.7 Å². The van der Waals surface area contributed by atoms with Crippen molar-refractivity contribution in [1.82, 2.24) is 4.98 Å². The highest BCUT2D eigenvalue weighted by molar-refractivity contribution is 5.86. The summed E-state index contributed by atoms with van der Waals surface area (Å²) in [5.41, 5.74) is 1.07. The molecule has 3 nitrogen and oxygen atoms in total. The van der Waals surface area contributed by atoms with Crippen molar-refractivity contribution >= 4 is 10.9 Å². The zero-order valence-corrected chi connectivity index (χ0v) is 10.0. The van der Waals surface area contributed by atoms with Gasteiger partial charge in [-0.15, -0.1) is 0 Å². The Morgan fingerprint density at radius 2 is 1.61 bits per heavy atom. The van der Waals surface area contributed by atoms with E-state index in [2.05, 4.69) is 4.98 Å². The molecule has 1 N–H and O–H groups in total. The summed E-state index contributed by atoms with van der Waals surface area (Å²) >= 11 is 0. The molecule has 3 rings (SSSR count). The van der Waals surface area contributed by atoms with E-state index in [1.54, 1.807) is 7.11 Å². The topological polar surface area (TPSA) is 34.2 Å². The van der Waals surface area contributed by atoms with E-state index in [-0.39, 0.29) is 0 Å². The van der Waals surface area contributed by atoms with E-state index < -0.39 is 0 Å². The molecule has 2 aromatic carbocycles. The van der Waals surface area contributed by atoms with Gasteiger partial charge in [0.15, 0.2) is 5.75 Å². The van der Waals surface area contributed by atoms with Gasteiger partial charge in [0, 0.05) is 17.1 Å². The van der Waals surface area contributed by atoms with E-state index in [0.717, 1.165) is 28.2 Å². The summed E-state index contributed by atoms with van der Waals surface area (Å²) in [6.07, 6.45) is 1.87. The molecule has 90 valence electrons. The van der Waals surface area contributed by atoms with Gasteiger partial charge in [-0.05, 0) is 36.4 Å². The van der Waals surface area contributed by atoms with Crippen molar-refractivity contribution in [2.24, 2.45) is 0 Å². The van der Waals surface area contributed by atoms with Crippen molar-refractivity contribution in [3.63, 3.8) is 0 Å². The van der Waals surface area contributed by atoms with Gasteiger partial charge in [-0.25, -0.2) is 0 Å². The quantitative estimate of drug-likeness (QED) is 0.750. The number of ether oxygens (including phenoxy) is 2. The number of fused-ring (bicyclic) bond motifs is 1. The molecule has 0 saturated carbocycles. The third-order valence-corrected chi connectivity index (χ3v) is 2.84. The van der Waals surface area contributed by atoms with Gasteiger partial charge in [-0.1, -0.05) is 12.1 Å². The number of aromatic nitrogens is 1. The van der Waals surface area contributed by atoms with Gasteiger partial charge in [0.2, 0.25) is 0 Å². The molecule has 0 radical (unpaired) electrons. The Morgan fingerprint density at radius 3 is 2.39 bits per heavy atom. The predicted octanol–water partition coefficient (Wildman–Crippen LogP) is 3.97. The maximum atomic E-state index is 5.84. The summed E-state index contributed by atoms with van der Waals surface area (Å²) in [4.78, 5) is 3.18. The van der Waals surface area contributed by atoms with Crippen molar-refractivity contribution < 1.29 is 9.47 Å². The van der Waals surface area contributed by atoms with Crippen molar-refractivity contribution in [2.45, 2.75) is 0 Å². The Morgan fingerprint density at radius 1 is 0.889 bits per heavy atom. The SMILES string of the molecule is COc1ccc(Oc2c[nH]c3ccccc23)cc1. The van der Waals surface area contributed by atoms with Gasteiger partial charge >= 0.3 is 0 Å². The van der Waals surface area contributed by atoms with Crippen molar-refractivity contribution in [1.29, 1.82) is 0 Å². The van der Waals surface area contributed by atoms with Gasteiger partial charge < -0.3 is 14.5 Å². The van der Waals surface area contributed by atoms with Crippen LogP contribution in [-0.4, -0.2) is 12.1 Å². The molecule has 0 unspecified atom stereocenters. The summed E-state index contributed by atoms with van der Waals surface area (Å²) in [5, 5.41) is 1.08. The molecule has 18 heavy (non-hydrogen) atoms. The first-order valence-electron chi connectivity index (χ1n) is 5.75. The third-order valence-electron chi connectivity index (χ3n) is 2.84. The Kier molecular flexibility index (Phi) is 2.65. The normalized spacial score (nSPS) is 10.5. The van der Waals surface area contributed by atoms with E-state index >= 15 is 0 Å². The smallest absolute Gasteiger partial charge is 0.152 e. The van der Waals surface area contributed by atoms with Crippen molar-refractivity contribution in [3.8, 4) is 17.2 Å². The number of nitrogens with one attached hydrogen (secondary N) is 1. The molecule has 0 fully saturated rings. The molecule has 0 bridgehead atoms. The predicted molar refractivity (Wildman–Crippen MR) is 71.4 cm³/mol. The fraction of sp³-hybridized carbons (Fsp3) is 0.0667. The molecule has 0 amide bonds. The lowest BCUT2D eigenvalue weighted by molar-refractivity contribution is 0.413. The maximum absolute atomic E-state index is 5.84. The first-order chi connectivity index (χ1) is 8.86. The standard InChI is InChI=1S/C15H13NO2/c1-17-11-6-8-12(9-7-11)18-15-10-16-14-5-3-2-4-13(14)15/h2-10,16H,1H3. The zero-order valence-electron chi connectivity index (χ0n) is 10.0. The molecule has 1 aromatic heterocycles. The van der Waals surface area contributed by atoms with E-state index in [0.29, 0.717) is 0 Å². The zero-order chi connectivity index (χ0) is 12.4. The molecule has 0 aliphatic heterocycles. The largest absolute Gasteiger partial charge is 0.497 e. The van der Waals surface area contributed by atoms with Crippen molar-refractivity contribution in [3.05, 3.63) is 54.7 Å². The van der Waals surface area contributed by atoms with E-state index in [4.69, 9.17) is 9.47 Å². The van der Waals surface area contributed by atoms with Crippen LogP contribution in [0.1, 0.15) is 0 Å². The second kappa shape index (κ2) is 4.45. The summed E-state index contributed by atoms with van der Waals surface area (Å²) in [5.74, 6) is 2.44. The van der Waals surface area contributed by atoms with E-state index in [1.165, 1.54) is 0 Å². The summed E-state index contributed by atoms with van der Waals surface area (Å²) in [6, 6.07) is 15.6. The van der Waals surface area contributed by atoms with Crippen LogP contribution in [0.3, 0.4) is 0 Å². The molecular formula is C15H13NO2. The molecule has 0 spiro atoms. The first-order valence-corrected chi connectivity index (χ1v) is 5.75. The number of para-hydroxylation sites is 1. The molecule has 0 atom stereocenters. The Balaban J connectivity index is 1.91. The highest BCUT2D eigenvalue weighted by Gasteiger charge is 2.04. The lowest BCUT2D eigenvalue weighted by Crippen LogP contribution is -1.84. The van der Waals surface area contributed by atoms with Crippen molar-refractivity contribution in [2.75, 3.05) is 7.11 Å². The van der Waals surface area contributed by atoms with Crippen LogP contribution < -0.4 is 9.47 Å². The number of hydrogen-bond acceptors (Lipinski definition) is 2. The first kappa shape index (κ1) is 10.7. The number of methoxy groups -OCH3 is 1. The second-order valence-corrected chi connectivity index (χ2v) is 3.98. The van der Waals surface area contributed by atoms with Crippen LogP contribution in [-0.2, 0) is 0 Å². The third kappa shape index (κ3) is 1.91. The molecule has 3 heteroatoms. The van der Waals surface area contributed by atoms with Crippen LogP contribution in [0.2, 0.25) is 0 Å². The Labute approximate surface area is 105 Å². The number of aromatic amines is 1. The Bertz CT molecular complexity index is 656. The van der Waals surface area contributed by atoms with Crippen LogP contribution in [0.5, 0.6) is 17.2 Å². The number of hydrogen-bond donors (Lipinski definition) is 1. The number of H-pyrrole nitrogens is 1. The Hall–Kier alpha value is -2.42. The molecule has 0 aliphatic carbocycles. The van der Waals surface area contributed by atoms with E-state index in [1.807, 2.05) is 54.7 Å². The summed E-state index contributed by atoms with van der Waals surface area (Å²) < 4.78 is 11.0. The fourth-order valence-corrected chi connectivity index (χ4v) is 1.90. The molecule has 1 heterocycles. The monoisotopic (exact) mass is 239 g/mol. The summed E-state index contributed by atoms with van der Waals surface area (Å²) in [7, 11) is 1.65. The minimum absolute atomic E-state index is 0.792. The lowest BCUT2D eigenvalue weighted by atomic mass is 10.2. The highest BCUT2D eigenvalue weighted by Crippen LogP contribution is 2.30. The molecular weight excluding hydrogens is 226 g/mol. The van der Waals surface area contributed by atoms with Crippen LogP contribution in [0, 0.1) is 0 Å². The van der Waals surface area contributed by atoms with Crippen LogP contribution >= 0.6 is 0 Å². The van der Waals surface area contributed by atoms with Crippen LogP contribution in [0.25, 0.3) is 10.9 Å². The van der Waals surface area contributed by atoms with Gasteiger partial charge in [0.1, 0.15) is 11.5 Å². The maximum Gasteiger partial charge on any atom is 0.152 e. The number of rotatable bonds is 3. The fourth-order valence-electron chi connectivity index (χ4n) is 1.90. The molecule has 3 aromatic rings. The van der Waals surface area contributed by atoms with E-state index in [9.17, 15) is 0 Å². The van der Waals surface area contributed by atoms with Gasteiger partial charge in [0.25, 0.3) is 0 Å². The lowest BCUT2D eigenvalue weighted by Gasteiger charge is -2.05. The number of benzene rings is 2.